The van der Waals surface area contributed by atoms with E-state index in [1.807, 2.05) is 24.3 Å². The summed E-state index contributed by atoms with van der Waals surface area (Å²) >= 11 is 0. The molecule has 0 saturated carbocycles. The van der Waals surface area contributed by atoms with E-state index in [0.717, 1.165) is 30.9 Å². The van der Waals surface area contributed by atoms with Gasteiger partial charge < -0.3 is 5.32 Å². The number of nitrogens with one attached hydrogen (secondary N) is 1. The van der Waals surface area contributed by atoms with E-state index in [1.54, 1.807) is 6.07 Å². The van der Waals surface area contributed by atoms with Crippen LogP contribution in [0.15, 0.2) is 84.9 Å². The molecule has 30 heavy (non-hydrogen) atoms. The van der Waals surface area contributed by atoms with Gasteiger partial charge in [0, 0.05) is 12.6 Å². The Morgan fingerprint density at radius 2 is 1.50 bits per heavy atom. The molecule has 1 atom stereocenters. The summed E-state index contributed by atoms with van der Waals surface area (Å²) in [6.45, 7) is 0.684. The van der Waals surface area contributed by atoms with Crippen LogP contribution in [-0.2, 0) is 12.6 Å². The lowest BCUT2D eigenvalue weighted by atomic mass is 9.91. The first-order chi connectivity index (χ1) is 14.5. The topological polar surface area (TPSA) is 12.0 Å². The maximum absolute atomic E-state index is 13.0. The summed E-state index contributed by atoms with van der Waals surface area (Å²) in [6.07, 6.45) is 0.308. The molecule has 4 rings (SSSR count). The van der Waals surface area contributed by atoms with Crippen molar-refractivity contribution < 1.29 is 13.2 Å². The molecule has 0 aliphatic carbocycles. The molecule has 154 valence electrons. The number of rotatable bonds is 5. The average molecular weight is 407 g/mol. The molecule has 1 N–H and O–H groups in total. The molecule has 0 fully saturated rings. The van der Waals surface area contributed by atoms with Gasteiger partial charge >= 0.3 is 6.18 Å². The van der Waals surface area contributed by atoms with Crippen molar-refractivity contribution in [2.45, 2.75) is 31.5 Å². The number of hydrogen-bond donors (Lipinski definition) is 1. The molecule has 1 aliphatic heterocycles. The van der Waals surface area contributed by atoms with E-state index in [-0.39, 0.29) is 6.04 Å². The van der Waals surface area contributed by atoms with Crippen molar-refractivity contribution >= 4 is 5.57 Å². The molecule has 0 radical (unpaired) electrons. The van der Waals surface area contributed by atoms with Gasteiger partial charge in [0.05, 0.1) is 5.56 Å². The van der Waals surface area contributed by atoms with E-state index in [2.05, 4.69) is 41.7 Å². The van der Waals surface area contributed by atoms with Crippen LogP contribution in [-0.4, -0.2) is 12.6 Å². The zero-order valence-corrected chi connectivity index (χ0v) is 16.6. The Bertz CT molecular complexity index is 1000. The smallest absolute Gasteiger partial charge is 0.310 e. The van der Waals surface area contributed by atoms with Gasteiger partial charge in [-0.05, 0) is 59.2 Å². The predicted octanol–water partition coefficient (Wildman–Crippen LogP) is 6.75. The van der Waals surface area contributed by atoms with Crippen LogP contribution in [0.25, 0.3) is 16.7 Å². The largest absolute Gasteiger partial charge is 0.416 e. The average Bonchev–Trinajstić information content (AvgIpc) is 2.78. The molecule has 1 unspecified atom stereocenters. The van der Waals surface area contributed by atoms with E-state index in [0.29, 0.717) is 12.1 Å². The highest BCUT2D eigenvalue weighted by atomic mass is 19.4. The van der Waals surface area contributed by atoms with Crippen LogP contribution in [0.5, 0.6) is 0 Å². The van der Waals surface area contributed by atoms with Crippen LogP contribution in [0.1, 0.15) is 29.5 Å². The van der Waals surface area contributed by atoms with Crippen LogP contribution in [0.2, 0.25) is 0 Å². The number of halogens is 3. The summed E-state index contributed by atoms with van der Waals surface area (Å²) in [5.41, 5.74) is 4.74. The molecule has 1 heterocycles. The van der Waals surface area contributed by atoms with E-state index in [4.69, 9.17) is 0 Å². The van der Waals surface area contributed by atoms with E-state index >= 15 is 0 Å². The number of alkyl halides is 3. The first kappa shape index (κ1) is 20.4. The van der Waals surface area contributed by atoms with E-state index in [1.165, 1.54) is 28.8 Å². The van der Waals surface area contributed by atoms with Crippen LogP contribution in [0, 0.1) is 0 Å². The van der Waals surface area contributed by atoms with Crippen molar-refractivity contribution in [1.29, 1.82) is 0 Å². The maximum Gasteiger partial charge on any atom is 0.416 e. The maximum atomic E-state index is 13.0. The van der Waals surface area contributed by atoms with Gasteiger partial charge in [-0.15, -0.1) is 0 Å². The Kier molecular flexibility index (Phi) is 6.05. The molecule has 0 amide bonds. The van der Waals surface area contributed by atoms with Crippen LogP contribution >= 0.6 is 0 Å². The van der Waals surface area contributed by atoms with Gasteiger partial charge in [-0.25, -0.2) is 0 Å². The third-order valence-electron chi connectivity index (χ3n) is 5.62. The molecule has 3 aromatic carbocycles. The molecule has 0 bridgehead atoms. The molecule has 0 aromatic heterocycles. The summed E-state index contributed by atoms with van der Waals surface area (Å²) in [5.74, 6) is 0. The third-order valence-corrected chi connectivity index (χ3v) is 5.62. The van der Waals surface area contributed by atoms with Gasteiger partial charge in [-0.3, -0.25) is 0 Å². The lowest BCUT2D eigenvalue weighted by Gasteiger charge is -2.25. The highest BCUT2D eigenvalue weighted by Crippen LogP contribution is 2.32. The standard InChI is InChI=1S/C26H24F3N/c27-26(28,29)24-8-4-7-22(17-24)23-15-16-30-25(18-23)14-11-19-9-12-21(13-10-19)20-5-2-1-3-6-20/h1-10,12-13,15,17,25,30H,11,14,16,18H2. The summed E-state index contributed by atoms with van der Waals surface area (Å²) < 4.78 is 39.1. The second-order valence-corrected chi connectivity index (χ2v) is 7.72. The quantitative estimate of drug-likeness (QED) is 0.493. The number of aryl methyl sites for hydroxylation is 1. The lowest BCUT2D eigenvalue weighted by molar-refractivity contribution is -0.137. The van der Waals surface area contributed by atoms with Crippen molar-refractivity contribution in [1.82, 2.24) is 5.32 Å². The van der Waals surface area contributed by atoms with Gasteiger partial charge in [0.15, 0.2) is 0 Å². The van der Waals surface area contributed by atoms with E-state index in [9.17, 15) is 13.2 Å². The van der Waals surface area contributed by atoms with Crippen LogP contribution in [0.4, 0.5) is 13.2 Å². The Hall–Kier alpha value is -2.85. The van der Waals surface area contributed by atoms with Gasteiger partial charge in [0.2, 0.25) is 0 Å². The van der Waals surface area contributed by atoms with Crippen LogP contribution < -0.4 is 5.32 Å². The molecular weight excluding hydrogens is 383 g/mol. The third kappa shape index (κ3) is 5.00. The Balaban J connectivity index is 1.37. The fourth-order valence-electron chi connectivity index (χ4n) is 3.94. The predicted molar refractivity (Wildman–Crippen MR) is 116 cm³/mol. The van der Waals surface area contributed by atoms with E-state index < -0.39 is 11.7 Å². The fraction of sp³-hybridized carbons (Fsp3) is 0.231. The van der Waals surface area contributed by atoms with Crippen LogP contribution in [0.3, 0.4) is 0 Å². The Morgan fingerprint density at radius 1 is 0.800 bits per heavy atom. The highest BCUT2D eigenvalue weighted by molar-refractivity contribution is 5.67. The summed E-state index contributed by atoms with van der Waals surface area (Å²) in [4.78, 5) is 0. The molecule has 0 spiro atoms. The fourth-order valence-corrected chi connectivity index (χ4v) is 3.94. The van der Waals surface area contributed by atoms with Gasteiger partial charge in [-0.2, -0.15) is 13.2 Å². The molecule has 1 aliphatic rings. The molecular formula is C26H24F3N. The van der Waals surface area contributed by atoms with Gasteiger partial charge in [-0.1, -0.05) is 72.8 Å². The summed E-state index contributed by atoms with van der Waals surface area (Å²) in [7, 11) is 0. The van der Waals surface area contributed by atoms with Crippen molar-refractivity contribution in [3.63, 3.8) is 0 Å². The molecule has 1 nitrogen and oxygen atoms in total. The zero-order chi connectivity index (χ0) is 21.0. The van der Waals surface area contributed by atoms with Crippen molar-refractivity contribution in [2.24, 2.45) is 0 Å². The van der Waals surface area contributed by atoms with Gasteiger partial charge in [0.25, 0.3) is 0 Å². The SMILES string of the molecule is FC(F)(F)c1cccc(C2=CCNC(CCc3ccc(-c4ccccc4)cc3)C2)c1. The minimum atomic E-state index is -4.31. The highest BCUT2D eigenvalue weighted by Gasteiger charge is 2.30. The first-order valence-corrected chi connectivity index (χ1v) is 10.2. The Labute approximate surface area is 175 Å². The molecule has 0 saturated heterocycles. The normalized spacial score (nSPS) is 16.9. The monoisotopic (exact) mass is 407 g/mol. The Morgan fingerprint density at radius 3 is 2.23 bits per heavy atom. The van der Waals surface area contributed by atoms with Crippen molar-refractivity contribution in [3.05, 3.63) is 102 Å². The summed E-state index contributed by atoms with van der Waals surface area (Å²) in [6, 6.07) is 24.8. The second-order valence-electron chi connectivity index (χ2n) is 7.72. The lowest BCUT2D eigenvalue weighted by Crippen LogP contribution is -2.33. The van der Waals surface area contributed by atoms with Gasteiger partial charge in [0.1, 0.15) is 0 Å². The zero-order valence-electron chi connectivity index (χ0n) is 16.6. The number of hydrogen-bond acceptors (Lipinski definition) is 1. The first-order valence-electron chi connectivity index (χ1n) is 10.2. The molecule has 3 aromatic rings. The number of benzene rings is 3. The van der Waals surface area contributed by atoms with Crippen molar-refractivity contribution in [2.75, 3.05) is 6.54 Å². The minimum absolute atomic E-state index is 0.258. The molecule has 4 heteroatoms. The minimum Gasteiger partial charge on any atom is -0.310 e. The second kappa shape index (κ2) is 8.88. The summed E-state index contributed by atoms with van der Waals surface area (Å²) in [5, 5.41) is 3.47. The van der Waals surface area contributed by atoms with Crippen molar-refractivity contribution in [3.8, 4) is 11.1 Å².